The number of hydrogen-bond acceptors (Lipinski definition) is 6. The van der Waals surface area contributed by atoms with Gasteiger partial charge in [0.2, 0.25) is 0 Å². The number of piperazine rings is 1. The summed E-state index contributed by atoms with van der Waals surface area (Å²) in [5.41, 5.74) is 0.838. The Balaban J connectivity index is 1.34. The molecule has 0 saturated carbocycles. The van der Waals surface area contributed by atoms with E-state index < -0.39 is 0 Å². The van der Waals surface area contributed by atoms with Crippen molar-refractivity contribution in [3.05, 3.63) is 26.6 Å². The van der Waals surface area contributed by atoms with Crippen LogP contribution < -0.4 is 5.56 Å². The molecule has 3 aliphatic rings. The van der Waals surface area contributed by atoms with Crippen molar-refractivity contribution in [2.45, 2.75) is 58.1 Å². The second-order valence-electron chi connectivity index (χ2n) is 8.76. The van der Waals surface area contributed by atoms with Crippen LogP contribution in [-0.4, -0.2) is 70.7 Å². The molecule has 7 nitrogen and oxygen atoms in total. The predicted molar refractivity (Wildman–Crippen MR) is 117 cm³/mol. The van der Waals surface area contributed by atoms with Gasteiger partial charge in [-0.2, -0.15) is 0 Å². The van der Waals surface area contributed by atoms with E-state index >= 15 is 0 Å². The van der Waals surface area contributed by atoms with E-state index in [9.17, 15) is 9.59 Å². The standard InChI is InChI=1S/C22H30N4O3S/c1-15-18-20(23-17-7-3-2-4-8-26(17)21(18)27)30-19(15)22(28)25-11-9-24(10-12-25)14-16-6-5-13-29-16/h16H,2-14H2,1H3. The van der Waals surface area contributed by atoms with Crippen LogP contribution in [0.4, 0.5) is 0 Å². The van der Waals surface area contributed by atoms with Crippen molar-refractivity contribution in [3.63, 3.8) is 0 Å². The molecule has 0 spiro atoms. The number of rotatable bonds is 3. The molecule has 162 valence electrons. The van der Waals surface area contributed by atoms with Gasteiger partial charge in [-0.3, -0.25) is 19.1 Å². The Morgan fingerprint density at radius 2 is 1.97 bits per heavy atom. The molecule has 3 aliphatic heterocycles. The van der Waals surface area contributed by atoms with Gasteiger partial charge < -0.3 is 9.64 Å². The minimum Gasteiger partial charge on any atom is -0.377 e. The highest BCUT2D eigenvalue weighted by atomic mass is 32.1. The number of ether oxygens (including phenoxy) is 1. The molecule has 0 N–H and O–H groups in total. The molecule has 5 heterocycles. The lowest BCUT2D eigenvalue weighted by atomic mass is 10.1. The maximum absolute atomic E-state index is 13.3. The summed E-state index contributed by atoms with van der Waals surface area (Å²) in [4.78, 5) is 37.0. The number of hydrogen-bond donors (Lipinski definition) is 0. The average Bonchev–Trinajstić information content (AvgIpc) is 3.29. The monoisotopic (exact) mass is 430 g/mol. The van der Waals surface area contributed by atoms with Crippen molar-refractivity contribution >= 4 is 27.5 Å². The third-order valence-corrected chi connectivity index (χ3v) is 7.92. The maximum Gasteiger partial charge on any atom is 0.264 e. The van der Waals surface area contributed by atoms with Gasteiger partial charge in [-0.25, -0.2) is 4.98 Å². The van der Waals surface area contributed by atoms with Gasteiger partial charge in [-0.15, -0.1) is 11.3 Å². The first-order valence-corrected chi connectivity index (χ1v) is 12.1. The second kappa shape index (κ2) is 8.40. The fraction of sp³-hybridized carbons (Fsp3) is 0.682. The number of carbonyl (C=O) groups is 1. The van der Waals surface area contributed by atoms with Crippen LogP contribution >= 0.6 is 11.3 Å². The van der Waals surface area contributed by atoms with Gasteiger partial charge in [0.05, 0.1) is 16.4 Å². The van der Waals surface area contributed by atoms with E-state index in [4.69, 9.17) is 9.72 Å². The van der Waals surface area contributed by atoms with Gasteiger partial charge in [-0.1, -0.05) is 6.42 Å². The van der Waals surface area contributed by atoms with Crippen LogP contribution in [0.2, 0.25) is 0 Å². The molecule has 2 fully saturated rings. The molecule has 0 bridgehead atoms. The summed E-state index contributed by atoms with van der Waals surface area (Å²) in [6.45, 7) is 7.70. The summed E-state index contributed by atoms with van der Waals surface area (Å²) < 4.78 is 7.59. The molecule has 2 aromatic rings. The summed E-state index contributed by atoms with van der Waals surface area (Å²) in [7, 11) is 0. The molecule has 0 aliphatic carbocycles. The van der Waals surface area contributed by atoms with Gasteiger partial charge in [0.25, 0.3) is 11.5 Å². The third-order valence-electron chi connectivity index (χ3n) is 6.75. The number of fused-ring (bicyclic) bond motifs is 2. The molecule has 1 atom stereocenters. The lowest BCUT2D eigenvalue weighted by Gasteiger charge is -2.35. The molecule has 0 aromatic carbocycles. The summed E-state index contributed by atoms with van der Waals surface area (Å²) in [6, 6.07) is 0. The zero-order valence-electron chi connectivity index (χ0n) is 17.7. The Hall–Kier alpha value is -1.77. The normalized spacial score (nSPS) is 23.0. The largest absolute Gasteiger partial charge is 0.377 e. The Morgan fingerprint density at radius 1 is 1.13 bits per heavy atom. The topological polar surface area (TPSA) is 67.7 Å². The van der Waals surface area contributed by atoms with Crippen molar-refractivity contribution in [1.29, 1.82) is 0 Å². The quantitative estimate of drug-likeness (QED) is 0.748. The van der Waals surface area contributed by atoms with Crippen molar-refractivity contribution in [1.82, 2.24) is 19.4 Å². The molecule has 30 heavy (non-hydrogen) atoms. The molecular weight excluding hydrogens is 400 g/mol. The SMILES string of the molecule is Cc1c(C(=O)N2CCN(CC3CCCO3)CC2)sc2nc3n(c(=O)c12)CCCCC3. The highest BCUT2D eigenvalue weighted by Crippen LogP contribution is 2.29. The highest BCUT2D eigenvalue weighted by Gasteiger charge is 2.29. The van der Waals surface area contributed by atoms with Crippen LogP contribution in [0.3, 0.4) is 0 Å². The summed E-state index contributed by atoms with van der Waals surface area (Å²) in [5.74, 6) is 0.930. The van der Waals surface area contributed by atoms with Crippen molar-refractivity contribution < 1.29 is 9.53 Å². The smallest absolute Gasteiger partial charge is 0.264 e. The van der Waals surface area contributed by atoms with Crippen LogP contribution in [0.1, 0.15) is 53.2 Å². The van der Waals surface area contributed by atoms with Gasteiger partial charge in [0.1, 0.15) is 10.7 Å². The number of amides is 1. The van der Waals surface area contributed by atoms with Crippen molar-refractivity contribution in [3.8, 4) is 0 Å². The van der Waals surface area contributed by atoms with Crippen LogP contribution in [0.25, 0.3) is 10.2 Å². The van der Waals surface area contributed by atoms with Gasteiger partial charge >= 0.3 is 0 Å². The van der Waals surface area contributed by atoms with E-state index in [1.807, 2.05) is 16.4 Å². The number of thiophene rings is 1. The minimum absolute atomic E-state index is 0.0334. The zero-order chi connectivity index (χ0) is 20.7. The molecular formula is C22H30N4O3S. The Kier molecular flexibility index (Phi) is 5.64. The van der Waals surface area contributed by atoms with Gasteiger partial charge in [-0.05, 0) is 38.2 Å². The fourth-order valence-corrected chi connectivity index (χ4v) is 6.13. The summed E-state index contributed by atoms with van der Waals surface area (Å²) in [5, 5.41) is 0.644. The van der Waals surface area contributed by atoms with Crippen LogP contribution in [-0.2, 0) is 17.7 Å². The van der Waals surface area contributed by atoms with Gasteiger partial charge in [0.15, 0.2) is 0 Å². The average molecular weight is 431 g/mol. The highest BCUT2D eigenvalue weighted by molar-refractivity contribution is 7.20. The minimum atomic E-state index is 0.0334. The Labute approximate surface area is 180 Å². The number of aryl methyl sites for hydroxylation is 2. The molecule has 2 saturated heterocycles. The Morgan fingerprint density at radius 3 is 2.73 bits per heavy atom. The van der Waals surface area contributed by atoms with E-state index in [1.54, 1.807) is 0 Å². The van der Waals surface area contributed by atoms with Crippen molar-refractivity contribution in [2.75, 3.05) is 39.3 Å². The lowest BCUT2D eigenvalue weighted by molar-refractivity contribution is 0.0435. The van der Waals surface area contributed by atoms with Gasteiger partial charge in [0, 0.05) is 52.3 Å². The van der Waals surface area contributed by atoms with Crippen LogP contribution in [0.5, 0.6) is 0 Å². The predicted octanol–water partition coefficient (Wildman–Crippen LogP) is 2.43. The first-order chi connectivity index (χ1) is 14.6. The van der Waals surface area contributed by atoms with E-state index in [1.165, 1.54) is 11.3 Å². The third kappa shape index (κ3) is 3.69. The summed E-state index contributed by atoms with van der Waals surface area (Å²) >= 11 is 1.40. The zero-order valence-corrected chi connectivity index (χ0v) is 18.5. The van der Waals surface area contributed by atoms with E-state index in [2.05, 4.69) is 4.90 Å². The molecule has 1 unspecified atom stereocenters. The molecule has 2 aromatic heterocycles. The maximum atomic E-state index is 13.3. The number of aromatic nitrogens is 2. The summed E-state index contributed by atoms with van der Waals surface area (Å²) in [6.07, 6.45) is 6.73. The van der Waals surface area contributed by atoms with E-state index in [-0.39, 0.29) is 11.5 Å². The molecule has 5 rings (SSSR count). The van der Waals surface area contributed by atoms with E-state index in [0.717, 1.165) is 101 Å². The second-order valence-corrected chi connectivity index (χ2v) is 9.76. The van der Waals surface area contributed by atoms with Crippen LogP contribution in [0, 0.1) is 6.92 Å². The lowest BCUT2D eigenvalue weighted by Crippen LogP contribution is -2.50. The molecule has 0 radical (unpaired) electrons. The van der Waals surface area contributed by atoms with Crippen LogP contribution in [0.15, 0.2) is 4.79 Å². The first-order valence-electron chi connectivity index (χ1n) is 11.3. The number of nitrogens with zero attached hydrogens (tertiary/aromatic N) is 4. The van der Waals surface area contributed by atoms with Crippen molar-refractivity contribution in [2.24, 2.45) is 0 Å². The van der Waals surface area contributed by atoms with E-state index in [0.29, 0.717) is 16.4 Å². The Bertz CT molecular complexity index is 1000. The molecule has 1 amide bonds. The first kappa shape index (κ1) is 20.2. The number of carbonyl (C=O) groups excluding carboxylic acids is 1. The fourth-order valence-electron chi connectivity index (χ4n) is 4.97. The molecule has 8 heteroatoms.